The third-order valence-corrected chi connectivity index (χ3v) is 9.01. The molecule has 2 fully saturated rings. The van der Waals surface area contributed by atoms with Gasteiger partial charge in [-0.25, -0.2) is 13.6 Å². The van der Waals surface area contributed by atoms with Crippen LogP contribution in [0.5, 0.6) is 5.88 Å². The van der Waals surface area contributed by atoms with Crippen LogP contribution in [0.3, 0.4) is 0 Å². The molecule has 0 saturated carbocycles. The van der Waals surface area contributed by atoms with Crippen molar-refractivity contribution >= 4 is 39.4 Å². The van der Waals surface area contributed by atoms with Gasteiger partial charge in [-0.15, -0.1) is 0 Å². The molecule has 11 nitrogen and oxygen atoms in total. The second-order valence-electron chi connectivity index (χ2n) is 10.7. The number of aromatic nitrogens is 2. The molecule has 0 radical (unpaired) electrons. The van der Waals surface area contributed by atoms with Crippen LogP contribution in [0.15, 0.2) is 53.4 Å². The summed E-state index contributed by atoms with van der Waals surface area (Å²) in [6.45, 7) is 1.55. The van der Waals surface area contributed by atoms with Gasteiger partial charge < -0.3 is 25.8 Å². The van der Waals surface area contributed by atoms with Crippen LogP contribution in [0.25, 0.3) is 11.1 Å². The van der Waals surface area contributed by atoms with Crippen molar-refractivity contribution in [3.63, 3.8) is 0 Å². The Morgan fingerprint density at radius 1 is 1.14 bits per heavy atom. The third kappa shape index (κ3) is 6.79. The number of nitrogens with two attached hydrogens (primary N) is 2. The van der Waals surface area contributed by atoms with E-state index in [0.29, 0.717) is 38.9 Å². The van der Waals surface area contributed by atoms with Gasteiger partial charge in [0.1, 0.15) is 11.9 Å². The summed E-state index contributed by atoms with van der Waals surface area (Å²) in [5, 5.41) is 17.7. The summed E-state index contributed by atoms with van der Waals surface area (Å²) in [7, 11) is -4.02. The Balaban J connectivity index is 1.42. The Morgan fingerprint density at radius 2 is 1.81 bits per heavy atom. The fourth-order valence-corrected chi connectivity index (χ4v) is 6.28. The van der Waals surface area contributed by atoms with Crippen molar-refractivity contribution in [1.82, 2.24) is 15.3 Å². The van der Waals surface area contributed by atoms with Crippen molar-refractivity contribution in [2.75, 3.05) is 30.3 Å². The highest BCUT2D eigenvalue weighted by Crippen LogP contribution is 2.43. The van der Waals surface area contributed by atoms with E-state index in [2.05, 4.69) is 15.3 Å². The quantitative estimate of drug-likeness (QED) is 0.298. The number of ether oxygens (including phenoxy) is 1. The van der Waals surface area contributed by atoms with Crippen molar-refractivity contribution in [3.05, 3.63) is 59.1 Å². The number of alkyl halides is 3. The van der Waals surface area contributed by atoms with Gasteiger partial charge in [0, 0.05) is 36.3 Å². The van der Waals surface area contributed by atoms with E-state index in [1.165, 1.54) is 48.5 Å². The van der Waals surface area contributed by atoms with Crippen LogP contribution in [0, 0.1) is 5.41 Å². The molecule has 3 aromatic rings. The smallest absolute Gasteiger partial charge is 0.429 e. The zero-order chi connectivity index (χ0) is 31.2. The lowest BCUT2D eigenvalue weighted by Crippen LogP contribution is -2.41. The Kier molecular flexibility index (Phi) is 8.19. The number of benzene rings is 2. The highest BCUT2D eigenvalue weighted by atomic mass is 35.5. The molecule has 2 saturated heterocycles. The normalized spacial score (nSPS) is 19.4. The van der Waals surface area contributed by atoms with Gasteiger partial charge in [-0.3, -0.25) is 4.79 Å². The molecule has 0 bridgehead atoms. The van der Waals surface area contributed by atoms with E-state index in [0.717, 1.165) is 0 Å². The highest BCUT2D eigenvalue weighted by Gasteiger charge is 2.46. The summed E-state index contributed by atoms with van der Waals surface area (Å²) >= 11 is 6.13. The molecule has 6 N–H and O–H groups in total. The molecule has 0 amide bonds. The number of aliphatic carboxylic acids is 1. The largest absolute Gasteiger partial charge is 0.480 e. The summed E-state index contributed by atoms with van der Waals surface area (Å²) in [6, 6.07) is 9.49. The number of hydrogen-bond donors (Lipinski definition) is 4. The maximum absolute atomic E-state index is 14.5. The van der Waals surface area contributed by atoms with Gasteiger partial charge >= 0.3 is 12.1 Å². The Labute approximate surface area is 250 Å². The molecule has 16 heteroatoms. The van der Waals surface area contributed by atoms with Gasteiger partial charge in [0.25, 0.3) is 0 Å². The number of nitrogens with zero attached hydrogens (tertiary/aromatic N) is 3. The molecule has 0 aliphatic carbocycles. The zero-order valence-corrected chi connectivity index (χ0v) is 24.1. The SMILES string of the molecule is Nc1nc(O[C@H](c2ccc(Cl)cc2-c2ccc(S(N)(=O)=O)cc2)C(F)(F)F)cc(N2CCC3(CC2)CN[C@H](C(=O)O)C3)n1. The Hall–Kier alpha value is -3.66. The van der Waals surface area contributed by atoms with Crippen LogP contribution >= 0.6 is 11.6 Å². The van der Waals surface area contributed by atoms with E-state index >= 15 is 0 Å². The predicted molar refractivity (Wildman–Crippen MR) is 152 cm³/mol. The van der Waals surface area contributed by atoms with Crippen LogP contribution in [-0.2, 0) is 14.8 Å². The van der Waals surface area contributed by atoms with Crippen molar-refractivity contribution < 1.29 is 36.2 Å². The number of halogens is 4. The van der Waals surface area contributed by atoms with E-state index in [1.807, 2.05) is 4.90 Å². The maximum Gasteiger partial charge on any atom is 0.429 e. The van der Waals surface area contributed by atoms with E-state index in [4.69, 9.17) is 27.2 Å². The van der Waals surface area contributed by atoms with Crippen LogP contribution < -0.4 is 25.8 Å². The summed E-state index contributed by atoms with van der Waals surface area (Å²) < 4.78 is 72.4. The zero-order valence-electron chi connectivity index (χ0n) is 22.5. The van der Waals surface area contributed by atoms with Crippen LogP contribution in [0.4, 0.5) is 24.9 Å². The average Bonchev–Trinajstić information content (AvgIpc) is 3.35. The van der Waals surface area contributed by atoms with Crippen molar-refractivity contribution in [3.8, 4) is 17.0 Å². The number of carboxylic acids is 1. The molecule has 43 heavy (non-hydrogen) atoms. The summed E-state index contributed by atoms with van der Waals surface area (Å²) in [6.07, 6.45) is -5.59. The molecule has 2 atom stereocenters. The molecule has 3 heterocycles. The minimum absolute atomic E-state index is 0.0595. The number of hydrogen-bond acceptors (Lipinski definition) is 9. The first kappa shape index (κ1) is 30.8. The highest BCUT2D eigenvalue weighted by molar-refractivity contribution is 7.89. The fourth-order valence-electron chi connectivity index (χ4n) is 5.59. The van der Waals surface area contributed by atoms with E-state index in [-0.39, 0.29) is 43.8 Å². The number of nitrogen functional groups attached to an aromatic ring is 1. The summed E-state index contributed by atoms with van der Waals surface area (Å²) in [5.74, 6) is -1.29. The topological polar surface area (TPSA) is 174 Å². The number of carbonyl (C=O) groups is 1. The maximum atomic E-state index is 14.5. The first-order chi connectivity index (χ1) is 20.1. The Bertz CT molecular complexity index is 1630. The summed E-state index contributed by atoms with van der Waals surface area (Å²) in [4.78, 5) is 21.1. The number of carboxylic acid groups (broad SMARTS) is 1. The predicted octanol–water partition coefficient (Wildman–Crippen LogP) is 3.74. The van der Waals surface area contributed by atoms with Gasteiger partial charge in [0.05, 0.1) is 4.90 Å². The van der Waals surface area contributed by atoms with Gasteiger partial charge in [0.2, 0.25) is 28.0 Å². The number of primary sulfonamides is 1. The molecular weight excluding hydrogens is 613 g/mol. The van der Waals surface area contributed by atoms with Crippen molar-refractivity contribution in [2.45, 2.75) is 42.5 Å². The summed E-state index contributed by atoms with van der Waals surface area (Å²) in [5.41, 5.74) is 5.72. The van der Waals surface area contributed by atoms with Crippen molar-refractivity contribution in [2.24, 2.45) is 10.6 Å². The van der Waals surface area contributed by atoms with Gasteiger partial charge in [-0.1, -0.05) is 29.8 Å². The second kappa shape index (κ2) is 11.4. The third-order valence-electron chi connectivity index (χ3n) is 7.84. The monoisotopic (exact) mass is 640 g/mol. The molecule has 5 rings (SSSR count). The Morgan fingerprint density at radius 3 is 2.40 bits per heavy atom. The molecule has 2 aliphatic heterocycles. The van der Waals surface area contributed by atoms with Gasteiger partial charge in [0.15, 0.2) is 0 Å². The number of anilines is 2. The van der Waals surface area contributed by atoms with E-state index in [1.54, 1.807) is 0 Å². The second-order valence-corrected chi connectivity index (χ2v) is 12.7. The standard InChI is InChI=1S/C27H28ClF3N6O5S/c28-16-3-6-18(19(11-16)15-1-4-17(5-2-15)43(33,40)41)23(27(29,30)31)42-22-12-21(35-25(32)36-22)37-9-7-26(8-10-37)13-20(24(38)39)34-14-26/h1-6,11-12,20,23,34H,7-10,13-14H2,(H,38,39)(H2,32,35,36)(H2,33,40,41)/t20-,23+/m0/s1. The van der Waals surface area contributed by atoms with Crippen LogP contribution in [0.1, 0.15) is 30.9 Å². The number of nitrogens with one attached hydrogen (secondary N) is 1. The minimum atomic E-state index is -4.91. The lowest BCUT2D eigenvalue weighted by molar-refractivity contribution is -0.198. The van der Waals surface area contributed by atoms with Gasteiger partial charge in [-0.2, -0.15) is 23.1 Å². The molecule has 0 unspecified atom stereocenters. The fraction of sp³-hybridized carbons (Fsp3) is 0.370. The van der Waals surface area contributed by atoms with E-state index in [9.17, 15) is 31.5 Å². The average molecular weight is 641 g/mol. The number of rotatable bonds is 7. The van der Waals surface area contributed by atoms with Crippen molar-refractivity contribution in [1.29, 1.82) is 0 Å². The number of piperidine rings is 1. The van der Waals surface area contributed by atoms with Crippen LogP contribution in [0.2, 0.25) is 5.02 Å². The molecular formula is C27H28ClF3N6O5S. The first-order valence-corrected chi connectivity index (χ1v) is 15.1. The molecule has 1 aromatic heterocycles. The molecule has 2 aliphatic rings. The molecule has 1 spiro atoms. The number of sulfonamides is 1. The lowest BCUT2D eigenvalue weighted by atomic mass is 9.76. The molecule has 2 aromatic carbocycles. The first-order valence-electron chi connectivity index (χ1n) is 13.2. The molecule has 230 valence electrons. The minimum Gasteiger partial charge on any atom is -0.480 e. The lowest BCUT2D eigenvalue weighted by Gasteiger charge is -2.39. The van der Waals surface area contributed by atoms with E-state index < -0.39 is 40.2 Å². The van der Waals surface area contributed by atoms with Gasteiger partial charge in [-0.05, 0) is 60.1 Å². The van der Waals surface area contributed by atoms with Crippen LogP contribution in [-0.4, -0.2) is 61.3 Å².